The van der Waals surface area contributed by atoms with Crippen molar-refractivity contribution in [1.29, 1.82) is 0 Å². The average Bonchev–Trinajstić information content (AvgIpc) is 3.19. The summed E-state index contributed by atoms with van der Waals surface area (Å²) in [6.45, 7) is 12.8. The molecule has 2 N–H and O–H groups in total. The first-order chi connectivity index (χ1) is 14.1. The van der Waals surface area contributed by atoms with E-state index in [1.54, 1.807) is 0 Å². The molecule has 0 unspecified atom stereocenters. The summed E-state index contributed by atoms with van der Waals surface area (Å²) in [7, 11) is 2.13. The number of aliphatic hydroxyl groups is 2. The van der Waals surface area contributed by atoms with Gasteiger partial charge >= 0.3 is 0 Å². The maximum atomic E-state index is 10.5. The van der Waals surface area contributed by atoms with E-state index in [2.05, 4.69) is 56.7 Å². The number of hydrogen-bond donors (Lipinski definition) is 2. The zero-order valence-corrected chi connectivity index (χ0v) is 19.9. The molecule has 4 nitrogen and oxygen atoms in total. The number of aliphatic hydroxyl groups excluding tert-OH is 2. The van der Waals surface area contributed by atoms with Crippen LogP contribution in [-0.2, 0) is 4.74 Å². The van der Waals surface area contributed by atoms with Crippen molar-refractivity contribution in [1.82, 2.24) is 4.90 Å². The molecule has 30 heavy (non-hydrogen) atoms. The van der Waals surface area contributed by atoms with E-state index in [1.165, 1.54) is 5.57 Å². The van der Waals surface area contributed by atoms with Gasteiger partial charge in [-0.2, -0.15) is 0 Å². The summed E-state index contributed by atoms with van der Waals surface area (Å²) in [5, 5.41) is 20.9. The van der Waals surface area contributed by atoms with Crippen LogP contribution in [0.4, 0.5) is 0 Å². The van der Waals surface area contributed by atoms with Crippen molar-refractivity contribution in [2.75, 3.05) is 26.8 Å². The van der Waals surface area contributed by atoms with Crippen molar-refractivity contribution in [2.45, 2.75) is 78.0 Å². The Morgan fingerprint density at radius 3 is 2.70 bits per heavy atom. The Kier molecular flexibility index (Phi) is 9.63. The van der Waals surface area contributed by atoms with Crippen LogP contribution >= 0.6 is 0 Å². The highest BCUT2D eigenvalue weighted by molar-refractivity contribution is 5.18. The number of fused-ring (bicyclic) bond motifs is 1. The molecule has 0 heterocycles. The molecule has 2 aliphatic rings. The molecular formula is C26H43NO3. The summed E-state index contributed by atoms with van der Waals surface area (Å²) < 4.78 is 5.84. The van der Waals surface area contributed by atoms with Gasteiger partial charge in [-0.15, -0.1) is 11.8 Å². The topological polar surface area (TPSA) is 52.9 Å². The first kappa shape index (κ1) is 25.1. The molecule has 0 radical (unpaired) electrons. The fraction of sp³-hybridized carbons (Fsp3) is 0.769. The van der Waals surface area contributed by atoms with Crippen LogP contribution in [0.1, 0.15) is 60.3 Å². The Hall–Kier alpha value is -1.12. The van der Waals surface area contributed by atoms with Crippen LogP contribution < -0.4 is 0 Å². The highest BCUT2D eigenvalue weighted by Crippen LogP contribution is 2.50. The smallest absolute Gasteiger partial charge is 0.0755 e. The van der Waals surface area contributed by atoms with Crippen LogP contribution in [0.2, 0.25) is 0 Å². The lowest BCUT2D eigenvalue weighted by molar-refractivity contribution is 0.0946. The summed E-state index contributed by atoms with van der Waals surface area (Å²) >= 11 is 0. The second kappa shape index (κ2) is 11.5. The minimum Gasteiger partial charge on any atom is -0.392 e. The number of nitrogens with zero attached hydrogens (tertiary/aromatic N) is 1. The highest BCUT2D eigenvalue weighted by atomic mass is 16.5. The Morgan fingerprint density at radius 2 is 2.03 bits per heavy atom. The molecule has 0 aromatic carbocycles. The molecule has 0 saturated heterocycles. The van der Waals surface area contributed by atoms with E-state index < -0.39 is 6.10 Å². The van der Waals surface area contributed by atoms with E-state index in [9.17, 15) is 10.2 Å². The number of likely N-dealkylation sites (N-methyl/N-ethyl adjacent to an activating group) is 1. The number of hydrogen-bond acceptors (Lipinski definition) is 4. The molecule has 170 valence electrons. The number of allylic oxidation sites excluding steroid dienone is 1. The van der Waals surface area contributed by atoms with Crippen LogP contribution in [0.5, 0.6) is 0 Å². The molecular weight excluding hydrogens is 374 g/mol. The van der Waals surface area contributed by atoms with E-state index in [-0.39, 0.29) is 23.5 Å². The fourth-order valence-corrected chi connectivity index (χ4v) is 4.55. The zero-order chi connectivity index (χ0) is 22.3. The molecule has 4 heteroatoms. The average molecular weight is 418 g/mol. The molecule has 2 saturated carbocycles. The van der Waals surface area contributed by atoms with E-state index in [1.807, 2.05) is 19.9 Å². The molecule has 0 spiro atoms. The lowest BCUT2D eigenvalue weighted by Gasteiger charge is -2.31. The molecule has 0 aliphatic heterocycles. The van der Waals surface area contributed by atoms with Gasteiger partial charge in [0.15, 0.2) is 0 Å². The van der Waals surface area contributed by atoms with Crippen molar-refractivity contribution in [3.05, 3.63) is 23.8 Å². The van der Waals surface area contributed by atoms with Gasteiger partial charge < -0.3 is 14.9 Å². The van der Waals surface area contributed by atoms with Crippen molar-refractivity contribution in [3.63, 3.8) is 0 Å². The Bertz CT molecular complexity index is 651. The zero-order valence-electron chi connectivity index (χ0n) is 19.9. The van der Waals surface area contributed by atoms with Crippen LogP contribution in [0.3, 0.4) is 0 Å². The van der Waals surface area contributed by atoms with E-state index in [0.717, 1.165) is 32.4 Å². The van der Waals surface area contributed by atoms with Gasteiger partial charge in [0.25, 0.3) is 0 Å². The minimum atomic E-state index is -0.506. The molecule has 2 aliphatic carbocycles. The molecule has 0 amide bonds. The first-order valence-electron chi connectivity index (χ1n) is 11.5. The number of rotatable bonds is 9. The van der Waals surface area contributed by atoms with Gasteiger partial charge in [0.1, 0.15) is 0 Å². The normalized spacial score (nSPS) is 30.0. The molecule has 0 aromatic rings. The van der Waals surface area contributed by atoms with Crippen LogP contribution in [0.25, 0.3) is 0 Å². The Labute approximate surface area is 184 Å². The molecule has 0 bridgehead atoms. The molecule has 6 atom stereocenters. The third-order valence-corrected chi connectivity index (χ3v) is 7.03. The Morgan fingerprint density at radius 1 is 1.30 bits per heavy atom. The third-order valence-electron chi connectivity index (χ3n) is 7.03. The largest absolute Gasteiger partial charge is 0.392 e. The summed E-state index contributed by atoms with van der Waals surface area (Å²) in [6, 6.07) is 0. The standard InChI is InChI=1S/C26H43NO3/c1-7-8-9-19(2)24(28)11-10-22-23-17-20(16-21(23)18-25(22)29)12-14-30-15-13-27(6)26(3,4)5/h10-12,19,21-25,28-29H,9,13-18H2,1-6H3/t19-,21-,22+,23-,24+,25+/m0/s1. The van der Waals surface area contributed by atoms with E-state index in [0.29, 0.717) is 24.9 Å². The Balaban J connectivity index is 1.81. The van der Waals surface area contributed by atoms with Crippen LogP contribution in [0.15, 0.2) is 23.8 Å². The monoisotopic (exact) mass is 417 g/mol. The molecule has 2 rings (SSSR count). The summed E-state index contributed by atoms with van der Waals surface area (Å²) in [4.78, 5) is 2.31. The van der Waals surface area contributed by atoms with Crippen LogP contribution in [-0.4, -0.2) is 59.7 Å². The van der Waals surface area contributed by atoms with Crippen molar-refractivity contribution in [2.24, 2.45) is 23.7 Å². The van der Waals surface area contributed by atoms with E-state index in [4.69, 9.17) is 4.74 Å². The second-order valence-electron chi connectivity index (χ2n) is 10.2. The second-order valence-corrected chi connectivity index (χ2v) is 10.2. The molecule has 2 fully saturated rings. The van der Waals surface area contributed by atoms with Gasteiger partial charge in [-0.1, -0.05) is 30.7 Å². The maximum absolute atomic E-state index is 10.5. The predicted molar refractivity (Wildman–Crippen MR) is 124 cm³/mol. The van der Waals surface area contributed by atoms with E-state index >= 15 is 0 Å². The molecule has 0 aromatic heterocycles. The van der Waals surface area contributed by atoms with Gasteiger partial charge in [0.2, 0.25) is 0 Å². The minimum absolute atomic E-state index is 0.108. The lowest BCUT2D eigenvalue weighted by Crippen LogP contribution is -2.40. The van der Waals surface area contributed by atoms with Gasteiger partial charge in [-0.3, -0.25) is 4.90 Å². The maximum Gasteiger partial charge on any atom is 0.0755 e. The van der Waals surface area contributed by atoms with Crippen LogP contribution in [0, 0.1) is 35.5 Å². The van der Waals surface area contributed by atoms with Gasteiger partial charge in [0, 0.05) is 24.4 Å². The predicted octanol–water partition coefficient (Wildman–Crippen LogP) is 4.03. The van der Waals surface area contributed by atoms with Crippen molar-refractivity contribution >= 4 is 0 Å². The summed E-state index contributed by atoms with van der Waals surface area (Å²) in [5.41, 5.74) is 1.63. The van der Waals surface area contributed by atoms with Gasteiger partial charge in [0.05, 0.1) is 25.4 Å². The quantitative estimate of drug-likeness (QED) is 0.338. The third kappa shape index (κ3) is 7.24. The fourth-order valence-electron chi connectivity index (χ4n) is 4.55. The summed E-state index contributed by atoms with van der Waals surface area (Å²) in [6.07, 6.45) is 9.07. The van der Waals surface area contributed by atoms with Crippen molar-refractivity contribution < 1.29 is 14.9 Å². The number of ether oxygens (including phenoxy) is 1. The van der Waals surface area contributed by atoms with Gasteiger partial charge in [-0.25, -0.2) is 0 Å². The highest BCUT2D eigenvalue weighted by Gasteiger charge is 2.45. The summed E-state index contributed by atoms with van der Waals surface area (Å²) in [5.74, 6) is 7.20. The van der Waals surface area contributed by atoms with Gasteiger partial charge in [-0.05, 0) is 71.8 Å². The first-order valence-corrected chi connectivity index (χ1v) is 11.5. The lowest BCUT2D eigenvalue weighted by atomic mass is 9.89. The SMILES string of the molecule is CC#CC[C@H](C)[C@H](O)C=C[C@@H]1[C@H]2CC(=CCOCCN(C)C(C)(C)C)C[C@H]2C[C@H]1O. The van der Waals surface area contributed by atoms with Crippen molar-refractivity contribution in [3.8, 4) is 11.8 Å².